The van der Waals surface area contributed by atoms with E-state index in [-0.39, 0.29) is 5.78 Å². The summed E-state index contributed by atoms with van der Waals surface area (Å²) >= 11 is 0. The van der Waals surface area contributed by atoms with Crippen LogP contribution in [0.4, 0.5) is 0 Å². The number of carbonyl (C=O) groups is 1. The molecule has 1 aromatic heterocycles. The number of benzene rings is 2. The first-order chi connectivity index (χ1) is 9.28. The van der Waals surface area contributed by atoms with Crippen LogP contribution in [-0.2, 0) is 0 Å². The van der Waals surface area contributed by atoms with Crippen LogP contribution in [0.15, 0.2) is 48.9 Å². The van der Waals surface area contributed by atoms with Crippen LogP contribution in [0, 0.1) is 0 Å². The Labute approximate surface area is 110 Å². The lowest BCUT2D eigenvalue weighted by Gasteiger charge is -2.04. The fourth-order valence-electron chi connectivity index (χ4n) is 2.02. The van der Waals surface area contributed by atoms with Crippen molar-refractivity contribution in [1.29, 1.82) is 0 Å². The second-order valence-electron chi connectivity index (χ2n) is 4.21. The highest BCUT2D eigenvalue weighted by molar-refractivity contribution is 6.09. The highest BCUT2D eigenvalue weighted by Crippen LogP contribution is 2.22. The third-order valence-corrected chi connectivity index (χ3v) is 3.04. The summed E-state index contributed by atoms with van der Waals surface area (Å²) in [6.07, 6.45) is 3.10. The minimum absolute atomic E-state index is 0.0843. The molecule has 3 aromatic rings. The third-order valence-electron chi connectivity index (χ3n) is 3.04. The van der Waals surface area contributed by atoms with E-state index >= 15 is 0 Å². The lowest BCUT2D eigenvalue weighted by molar-refractivity contribution is 0.103. The third kappa shape index (κ3) is 2.08. The zero-order chi connectivity index (χ0) is 13.2. The quantitative estimate of drug-likeness (QED) is 0.729. The molecular formula is C15H12N2O2. The molecule has 0 unspecified atom stereocenters. The molecule has 4 heteroatoms. The van der Waals surface area contributed by atoms with Crippen molar-refractivity contribution in [1.82, 2.24) is 9.97 Å². The minimum Gasteiger partial charge on any atom is -0.497 e. The first-order valence-corrected chi connectivity index (χ1v) is 5.89. The number of H-pyrrole nitrogens is 1. The second kappa shape index (κ2) is 4.57. The van der Waals surface area contributed by atoms with Crippen LogP contribution in [-0.4, -0.2) is 22.9 Å². The smallest absolute Gasteiger partial charge is 0.212 e. The van der Waals surface area contributed by atoms with Gasteiger partial charge in [-0.25, -0.2) is 4.98 Å². The molecule has 3 rings (SSSR count). The molecule has 0 saturated carbocycles. The Balaban J connectivity index is 2.05. The Bertz CT molecular complexity index is 733. The highest BCUT2D eigenvalue weighted by Gasteiger charge is 2.11. The van der Waals surface area contributed by atoms with E-state index in [0.717, 1.165) is 16.5 Å². The van der Waals surface area contributed by atoms with Gasteiger partial charge in [0.05, 0.1) is 13.4 Å². The Kier molecular flexibility index (Phi) is 2.76. The molecule has 94 valence electrons. The predicted molar refractivity (Wildman–Crippen MR) is 72.5 cm³/mol. The van der Waals surface area contributed by atoms with Crippen molar-refractivity contribution >= 4 is 16.6 Å². The van der Waals surface area contributed by atoms with Crippen molar-refractivity contribution in [2.24, 2.45) is 0 Å². The van der Waals surface area contributed by atoms with E-state index in [1.165, 1.54) is 6.33 Å². The summed E-state index contributed by atoms with van der Waals surface area (Å²) in [5, 5.41) is 2.04. The van der Waals surface area contributed by atoms with Gasteiger partial charge in [-0.1, -0.05) is 18.2 Å². The molecule has 0 atom stereocenters. The zero-order valence-electron chi connectivity index (χ0n) is 10.4. The molecule has 0 spiro atoms. The Morgan fingerprint density at radius 2 is 1.95 bits per heavy atom. The van der Waals surface area contributed by atoms with Gasteiger partial charge in [-0.15, -0.1) is 0 Å². The van der Waals surface area contributed by atoms with Crippen molar-refractivity contribution in [3.63, 3.8) is 0 Å². The van der Waals surface area contributed by atoms with Crippen molar-refractivity contribution in [2.45, 2.75) is 0 Å². The molecule has 0 amide bonds. The van der Waals surface area contributed by atoms with E-state index in [1.54, 1.807) is 19.4 Å². The lowest BCUT2D eigenvalue weighted by Crippen LogP contribution is -2.01. The van der Waals surface area contributed by atoms with Gasteiger partial charge >= 0.3 is 0 Å². The molecule has 0 aliphatic rings. The number of ketones is 1. The number of fused-ring (bicyclic) bond motifs is 1. The second-order valence-corrected chi connectivity index (χ2v) is 4.21. The minimum atomic E-state index is -0.0843. The number of nitrogens with one attached hydrogen (secondary N) is 1. The zero-order valence-corrected chi connectivity index (χ0v) is 10.4. The SMILES string of the molecule is COc1ccc2cc(C(=O)c3c[nH]cn3)ccc2c1. The summed E-state index contributed by atoms with van der Waals surface area (Å²) in [6.45, 7) is 0. The van der Waals surface area contributed by atoms with Gasteiger partial charge in [0.15, 0.2) is 0 Å². The normalized spacial score (nSPS) is 10.6. The van der Waals surface area contributed by atoms with Gasteiger partial charge in [0, 0.05) is 11.8 Å². The van der Waals surface area contributed by atoms with E-state index in [2.05, 4.69) is 9.97 Å². The molecule has 19 heavy (non-hydrogen) atoms. The van der Waals surface area contributed by atoms with Gasteiger partial charge in [0.2, 0.25) is 5.78 Å². The fourth-order valence-corrected chi connectivity index (χ4v) is 2.02. The molecule has 1 heterocycles. The maximum atomic E-state index is 12.2. The van der Waals surface area contributed by atoms with E-state index in [1.807, 2.05) is 30.3 Å². The number of nitrogens with zero attached hydrogens (tertiary/aromatic N) is 1. The molecular weight excluding hydrogens is 240 g/mol. The van der Waals surface area contributed by atoms with Crippen LogP contribution < -0.4 is 4.74 Å². The molecule has 0 aliphatic carbocycles. The summed E-state index contributed by atoms with van der Waals surface area (Å²) in [4.78, 5) is 18.9. The number of aromatic amines is 1. The molecule has 2 aromatic carbocycles. The van der Waals surface area contributed by atoms with Crippen molar-refractivity contribution < 1.29 is 9.53 Å². The van der Waals surface area contributed by atoms with Gasteiger partial charge in [0.25, 0.3) is 0 Å². The van der Waals surface area contributed by atoms with Crippen LogP contribution in [0.2, 0.25) is 0 Å². The van der Waals surface area contributed by atoms with E-state index in [0.29, 0.717) is 11.3 Å². The standard InChI is InChI=1S/C15H12N2O2/c1-19-13-5-4-10-6-12(3-2-11(10)7-13)15(18)14-8-16-9-17-14/h2-9H,1H3,(H,16,17). The Hall–Kier alpha value is -2.62. The lowest BCUT2D eigenvalue weighted by atomic mass is 10.0. The largest absolute Gasteiger partial charge is 0.497 e. The molecule has 0 bridgehead atoms. The molecule has 0 radical (unpaired) electrons. The van der Waals surface area contributed by atoms with Gasteiger partial charge in [-0.3, -0.25) is 4.79 Å². The Morgan fingerprint density at radius 3 is 2.68 bits per heavy atom. The monoisotopic (exact) mass is 252 g/mol. The predicted octanol–water partition coefficient (Wildman–Crippen LogP) is 2.80. The number of hydrogen-bond donors (Lipinski definition) is 1. The van der Waals surface area contributed by atoms with Crippen molar-refractivity contribution in [3.8, 4) is 5.75 Å². The number of aromatic nitrogens is 2. The van der Waals surface area contributed by atoms with Crippen LogP contribution in [0.3, 0.4) is 0 Å². The number of rotatable bonds is 3. The van der Waals surface area contributed by atoms with Crippen LogP contribution in [0.5, 0.6) is 5.75 Å². The van der Waals surface area contributed by atoms with Gasteiger partial charge in [0.1, 0.15) is 11.4 Å². The average Bonchev–Trinajstić information content (AvgIpc) is 2.99. The maximum absolute atomic E-state index is 12.2. The summed E-state index contributed by atoms with van der Waals surface area (Å²) in [7, 11) is 1.64. The van der Waals surface area contributed by atoms with Crippen LogP contribution >= 0.6 is 0 Å². The van der Waals surface area contributed by atoms with Crippen molar-refractivity contribution in [2.75, 3.05) is 7.11 Å². The number of methoxy groups -OCH3 is 1. The maximum Gasteiger partial charge on any atom is 0.212 e. The fraction of sp³-hybridized carbons (Fsp3) is 0.0667. The molecule has 0 aliphatic heterocycles. The van der Waals surface area contributed by atoms with E-state index in [9.17, 15) is 4.79 Å². The summed E-state index contributed by atoms with van der Waals surface area (Å²) in [5.74, 6) is 0.720. The molecule has 4 nitrogen and oxygen atoms in total. The van der Waals surface area contributed by atoms with Gasteiger partial charge in [-0.05, 0) is 29.0 Å². The summed E-state index contributed by atoms with van der Waals surface area (Å²) < 4.78 is 5.18. The molecule has 0 saturated heterocycles. The van der Waals surface area contributed by atoms with Crippen molar-refractivity contribution in [3.05, 3.63) is 60.2 Å². The van der Waals surface area contributed by atoms with Gasteiger partial charge < -0.3 is 9.72 Å². The highest BCUT2D eigenvalue weighted by atomic mass is 16.5. The topological polar surface area (TPSA) is 55.0 Å². The van der Waals surface area contributed by atoms with Crippen LogP contribution in [0.25, 0.3) is 10.8 Å². The number of ether oxygens (including phenoxy) is 1. The summed E-state index contributed by atoms with van der Waals surface area (Å²) in [5.41, 5.74) is 1.05. The number of hydrogen-bond acceptors (Lipinski definition) is 3. The molecule has 1 N–H and O–H groups in total. The first-order valence-electron chi connectivity index (χ1n) is 5.89. The number of imidazole rings is 1. The Morgan fingerprint density at radius 1 is 1.16 bits per heavy atom. The van der Waals surface area contributed by atoms with Crippen LogP contribution in [0.1, 0.15) is 16.1 Å². The van der Waals surface area contributed by atoms with Gasteiger partial charge in [-0.2, -0.15) is 0 Å². The van der Waals surface area contributed by atoms with E-state index in [4.69, 9.17) is 4.74 Å². The summed E-state index contributed by atoms with van der Waals surface area (Å²) in [6, 6.07) is 11.3. The van der Waals surface area contributed by atoms with E-state index < -0.39 is 0 Å². The molecule has 0 fully saturated rings. The first kappa shape index (κ1) is 11.5. The number of carbonyl (C=O) groups excluding carboxylic acids is 1. The average molecular weight is 252 g/mol.